The van der Waals surface area contributed by atoms with Crippen LogP contribution in [0, 0.1) is 0 Å². The Morgan fingerprint density at radius 3 is 2.63 bits per heavy atom. The molecule has 1 saturated carbocycles. The van der Waals surface area contributed by atoms with E-state index >= 15 is 0 Å². The van der Waals surface area contributed by atoms with Crippen LogP contribution in [0.5, 0.6) is 0 Å². The lowest BCUT2D eigenvalue weighted by Crippen LogP contribution is -2.32. The van der Waals surface area contributed by atoms with Crippen molar-refractivity contribution in [2.75, 3.05) is 5.32 Å². The van der Waals surface area contributed by atoms with Gasteiger partial charge in [-0.2, -0.15) is 0 Å². The Hall–Kier alpha value is -1.01. The molecule has 1 aliphatic rings. The predicted octanol–water partition coefficient (Wildman–Crippen LogP) is 3.17. The maximum absolute atomic E-state index is 13.0. The Labute approximate surface area is 115 Å². The van der Waals surface area contributed by atoms with E-state index in [1.807, 2.05) is 0 Å². The number of nitrogens with zero attached hydrogens (tertiary/aromatic N) is 2. The Bertz CT molecular complexity index is 447. The van der Waals surface area contributed by atoms with E-state index in [2.05, 4.69) is 15.3 Å². The maximum Gasteiger partial charge on any atom is 0.248 e. The maximum atomic E-state index is 13.0. The molecule has 0 amide bonds. The summed E-state index contributed by atoms with van der Waals surface area (Å²) in [4.78, 5) is 7.89. The van der Waals surface area contributed by atoms with E-state index in [4.69, 9.17) is 11.6 Å². The number of aromatic nitrogens is 2. The van der Waals surface area contributed by atoms with E-state index in [1.165, 1.54) is 0 Å². The van der Waals surface area contributed by atoms with Crippen molar-refractivity contribution >= 4 is 17.4 Å². The summed E-state index contributed by atoms with van der Waals surface area (Å²) in [7, 11) is 0. The average molecular weight is 292 g/mol. The zero-order valence-electron chi connectivity index (χ0n) is 10.5. The molecule has 1 atom stereocenters. The standard InChI is InChI=1S/C12H16ClF2N3O/c1-7(19)9-6-10(18-11(13)17-9)16-8-2-4-12(14,15)5-3-8/h6-8,19H,2-5H2,1H3,(H,16,17,18). The molecule has 1 heterocycles. The fourth-order valence-corrected chi connectivity index (χ4v) is 2.31. The average Bonchev–Trinajstić information content (AvgIpc) is 2.31. The van der Waals surface area contributed by atoms with Gasteiger partial charge in [0.05, 0.1) is 11.8 Å². The van der Waals surface area contributed by atoms with Crippen LogP contribution in [-0.4, -0.2) is 27.0 Å². The Morgan fingerprint density at radius 1 is 1.42 bits per heavy atom. The lowest BCUT2D eigenvalue weighted by molar-refractivity contribution is -0.0361. The fraction of sp³-hybridized carbons (Fsp3) is 0.667. The molecule has 1 unspecified atom stereocenters. The summed E-state index contributed by atoms with van der Waals surface area (Å²) in [6, 6.07) is 1.54. The number of alkyl halides is 2. The van der Waals surface area contributed by atoms with Crippen molar-refractivity contribution in [2.45, 2.75) is 50.7 Å². The van der Waals surface area contributed by atoms with Crippen LogP contribution in [0.25, 0.3) is 0 Å². The van der Waals surface area contributed by atoms with Crippen LogP contribution in [0.2, 0.25) is 5.28 Å². The van der Waals surface area contributed by atoms with Gasteiger partial charge in [0.25, 0.3) is 0 Å². The van der Waals surface area contributed by atoms with Crippen LogP contribution in [0.1, 0.15) is 44.4 Å². The molecular formula is C12H16ClF2N3O. The molecule has 19 heavy (non-hydrogen) atoms. The van der Waals surface area contributed by atoms with Gasteiger partial charge < -0.3 is 10.4 Å². The van der Waals surface area contributed by atoms with Crippen LogP contribution >= 0.6 is 11.6 Å². The molecule has 0 bridgehead atoms. The zero-order chi connectivity index (χ0) is 14.0. The SMILES string of the molecule is CC(O)c1cc(NC2CCC(F)(F)CC2)nc(Cl)n1. The second kappa shape index (κ2) is 5.54. The lowest BCUT2D eigenvalue weighted by Gasteiger charge is -2.29. The minimum Gasteiger partial charge on any atom is -0.387 e. The lowest BCUT2D eigenvalue weighted by atomic mass is 9.92. The topological polar surface area (TPSA) is 58.0 Å². The number of nitrogens with one attached hydrogen (secondary N) is 1. The molecule has 4 nitrogen and oxygen atoms in total. The van der Waals surface area contributed by atoms with E-state index in [-0.39, 0.29) is 24.2 Å². The Morgan fingerprint density at radius 2 is 2.05 bits per heavy atom. The van der Waals surface area contributed by atoms with Gasteiger partial charge in [-0.3, -0.25) is 0 Å². The quantitative estimate of drug-likeness (QED) is 0.840. The molecule has 2 rings (SSSR count). The molecule has 7 heteroatoms. The van der Waals surface area contributed by atoms with Crippen LogP contribution in [0.15, 0.2) is 6.07 Å². The van der Waals surface area contributed by atoms with Crippen molar-refractivity contribution in [1.82, 2.24) is 9.97 Å². The molecule has 0 radical (unpaired) electrons. The van der Waals surface area contributed by atoms with Gasteiger partial charge in [0, 0.05) is 24.9 Å². The van der Waals surface area contributed by atoms with Crippen LogP contribution in [0.3, 0.4) is 0 Å². The summed E-state index contributed by atoms with van der Waals surface area (Å²) in [5.74, 6) is -2.09. The first-order valence-corrected chi connectivity index (χ1v) is 6.60. The molecule has 1 fully saturated rings. The summed E-state index contributed by atoms with van der Waals surface area (Å²) >= 11 is 5.76. The van der Waals surface area contributed by atoms with Gasteiger partial charge in [0.1, 0.15) is 5.82 Å². The summed E-state index contributed by atoms with van der Waals surface area (Å²) in [6.45, 7) is 1.57. The van der Waals surface area contributed by atoms with Crippen molar-refractivity contribution in [3.8, 4) is 0 Å². The van der Waals surface area contributed by atoms with E-state index in [1.54, 1.807) is 13.0 Å². The van der Waals surface area contributed by atoms with E-state index in [9.17, 15) is 13.9 Å². The van der Waals surface area contributed by atoms with Crippen LogP contribution < -0.4 is 5.32 Å². The third-order valence-electron chi connectivity index (χ3n) is 3.22. The molecule has 1 aromatic heterocycles. The van der Waals surface area contributed by atoms with Gasteiger partial charge in [0.15, 0.2) is 0 Å². The minimum absolute atomic E-state index is 0.0297. The van der Waals surface area contributed by atoms with Gasteiger partial charge in [-0.25, -0.2) is 18.7 Å². The second-order valence-corrected chi connectivity index (χ2v) is 5.24. The second-order valence-electron chi connectivity index (χ2n) is 4.90. The summed E-state index contributed by atoms with van der Waals surface area (Å²) < 4.78 is 26.1. The van der Waals surface area contributed by atoms with Crippen LogP contribution in [-0.2, 0) is 0 Å². The van der Waals surface area contributed by atoms with Crippen molar-refractivity contribution < 1.29 is 13.9 Å². The summed E-state index contributed by atoms with van der Waals surface area (Å²) in [6.07, 6.45) is -0.215. The number of anilines is 1. The zero-order valence-corrected chi connectivity index (χ0v) is 11.3. The van der Waals surface area contributed by atoms with Gasteiger partial charge in [-0.15, -0.1) is 0 Å². The first kappa shape index (κ1) is 14.4. The molecule has 0 saturated heterocycles. The summed E-state index contributed by atoms with van der Waals surface area (Å²) in [5.41, 5.74) is 0.406. The Kier molecular flexibility index (Phi) is 4.20. The first-order chi connectivity index (χ1) is 8.85. The van der Waals surface area contributed by atoms with E-state index in [0.29, 0.717) is 24.4 Å². The number of hydrogen-bond donors (Lipinski definition) is 2. The van der Waals surface area contributed by atoms with Crippen molar-refractivity contribution in [3.05, 3.63) is 17.0 Å². The molecule has 0 aliphatic heterocycles. The highest BCUT2D eigenvalue weighted by molar-refractivity contribution is 6.28. The summed E-state index contributed by atoms with van der Waals surface area (Å²) in [5, 5.41) is 12.6. The van der Waals surface area contributed by atoms with E-state index < -0.39 is 12.0 Å². The highest BCUT2D eigenvalue weighted by atomic mass is 35.5. The molecule has 106 valence electrons. The number of aliphatic hydroxyl groups excluding tert-OH is 1. The molecule has 2 N–H and O–H groups in total. The first-order valence-electron chi connectivity index (χ1n) is 6.23. The number of halogens is 3. The monoisotopic (exact) mass is 291 g/mol. The predicted molar refractivity (Wildman–Crippen MR) is 68.5 cm³/mol. The number of rotatable bonds is 3. The van der Waals surface area contributed by atoms with Gasteiger partial charge in [-0.1, -0.05) is 0 Å². The molecular weight excluding hydrogens is 276 g/mol. The molecule has 0 spiro atoms. The van der Waals surface area contributed by atoms with Crippen molar-refractivity contribution in [2.24, 2.45) is 0 Å². The van der Waals surface area contributed by atoms with Crippen molar-refractivity contribution in [3.63, 3.8) is 0 Å². The third-order valence-corrected chi connectivity index (χ3v) is 3.38. The third kappa shape index (κ3) is 3.98. The molecule has 1 aliphatic carbocycles. The molecule has 1 aromatic rings. The fourth-order valence-electron chi connectivity index (χ4n) is 2.12. The van der Waals surface area contributed by atoms with E-state index in [0.717, 1.165) is 0 Å². The normalized spacial score (nSPS) is 21.1. The van der Waals surface area contributed by atoms with Crippen LogP contribution in [0.4, 0.5) is 14.6 Å². The highest BCUT2D eigenvalue weighted by Gasteiger charge is 2.34. The minimum atomic E-state index is -2.55. The Balaban J connectivity index is 2.03. The van der Waals surface area contributed by atoms with Gasteiger partial charge in [0.2, 0.25) is 11.2 Å². The largest absolute Gasteiger partial charge is 0.387 e. The highest BCUT2D eigenvalue weighted by Crippen LogP contribution is 2.34. The van der Waals surface area contributed by atoms with Gasteiger partial charge >= 0.3 is 0 Å². The van der Waals surface area contributed by atoms with Crippen molar-refractivity contribution in [1.29, 1.82) is 0 Å². The number of hydrogen-bond acceptors (Lipinski definition) is 4. The van der Waals surface area contributed by atoms with Gasteiger partial charge in [-0.05, 0) is 31.4 Å². The smallest absolute Gasteiger partial charge is 0.248 e. The molecule has 0 aromatic carbocycles. The number of aliphatic hydroxyl groups is 1.